The monoisotopic (exact) mass is 231 g/mol. The molecular weight excluding hydrogens is 210 g/mol. The average molecular weight is 231 g/mol. The zero-order chi connectivity index (χ0) is 10.7. The van der Waals surface area contributed by atoms with Gasteiger partial charge in [-0.05, 0) is 25.0 Å². The molecule has 1 saturated heterocycles. The number of hydrogen-bond donors (Lipinski definition) is 2. The summed E-state index contributed by atoms with van der Waals surface area (Å²) in [7, 11) is 0. The van der Waals surface area contributed by atoms with E-state index in [1.807, 2.05) is 11.8 Å². The molecule has 2 fully saturated rings. The standard InChI is InChI=1S/C11H21NO2S/c1-2-15-10-3-5-11(10,13)8-12-9-4-6-14-7-9/h9-10,12-13H,2-8H2,1H3. The Hall–Kier alpha value is 0.230. The first-order valence-electron chi connectivity index (χ1n) is 5.90. The van der Waals surface area contributed by atoms with Crippen LogP contribution in [0.5, 0.6) is 0 Å². The van der Waals surface area contributed by atoms with E-state index in [0.717, 1.165) is 44.8 Å². The Balaban J connectivity index is 1.72. The highest BCUT2D eigenvalue weighted by atomic mass is 32.2. The van der Waals surface area contributed by atoms with Crippen LogP contribution in [-0.2, 0) is 4.74 Å². The van der Waals surface area contributed by atoms with E-state index < -0.39 is 5.60 Å². The van der Waals surface area contributed by atoms with Crippen LogP contribution in [-0.4, -0.2) is 47.5 Å². The van der Waals surface area contributed by atoms with Crippen molar-refractivity contribution >= 4 is 11.8 Å². The third kappa shape index (κ3) is 2.67. The number of aliphatic hydroxyl groups is 1. The molecule has 4 heteroatoms. The largest absolute Gasteiger partial charge is 0.387 e. The Morgan fingerprint density at radius 1 is 1.53 bits per heavy atom. The van der Waals surface area contributed by atoms with Crippen molar-refractivity contribution < 1.29 is 9.84 Å². The summed E-state index contributed by atoms with van der Waals surface area (Å²) in [5, 5.41) is 14.2. The quantitative estimate of drug-likeness (QED) is 0.741. The highest BCUT2D eigenvalue weighted by Crippen LogP contribution is 2.40. The maximum absolute atomic E-state index is 10.3. The zero-order valence-electron chi connectivity index (χ0n) is 9.37. The second kappa shape index (κ2) is 5.04. The topological polar surface area (TPSA) is 41.5 Å². The molecule has 0 aromatic carbocycles. The van der Waals surface area contributed by atoms with Crippen LogP contribution in [0, 0.1) is 0 Å². The van der Waals surface area contributed by atoms with Gasteiger partial charge >= 0.3 is 0 Å². The normalized spacial score (nSPS) is 40.4. The fraction of sp³-hybridized carbons (Fsp3) is 1.00. The van der Waals surface area contributed by atoms with Gasteiger partial charge < -0.3 is 15.2 Å². The van der Waals surface area contributed by atoms with Gasteiger partial charge in [0.2, 0.25) is 0 Å². The van der Waals surface area contributed by atoms with Crippen molar-refractivity contribution in [1.29, 1.82) is 0 Å². The van der Waals surface area contributed by atoms with Crippen LogP contribution < -0.4 is 5.32 Å². The van der Waals surface area contributed by atoms with Gasteiger partial charge in [-0.2, -0.15) is 11.8 Å². The second-order valence-corrected chi connectivity index (χ2v) is 6.01. The average Bonchev–Trinajstić information content (AvgIpc) is 2.74. The van der Waals surface area contributed by atoms with E-state index in [4.69, 9.17) is 4.74 Å². The van der Waals surface area contributed by atoms with Gasteiger partial charge in [-0.3, -0.25) is 0 Å². The Labute approximate surface area is 96.0 Å². The third-order valence-electron chi connectivity index (χ3n) is 3.43. The molecule has 0 spiro atoms. The molecule has 3 nitrogen and oxygen atoms in total. The number of ether oxygens (including phenoxy) is 1. The lowest BCUT2D eigenvalue weighted by Gasteiger charge is -2.45. The van der Waals surface area contributed by atoms with Crippen LogP contribution in [0.1, 0.15) is 26.2 Å². The number of thioether (sulfide) groups is 1. The summed E-state index contributed by atoms with van der Waals surface area (Å²) >= 11 is 1.89. The van der Waals surface area contributed by atoms with Crippen LogP contribution >= 0.6 is 11.8 Å². The van der Waals surface area contributed by atoms with Gasteiger partial charge in [0.25, 0.3) is 0 Å². The Morgan fingerprint density at radius 2 is 2.40 bits per heavy atom. The summed E-state index contributed by atoms with van der Waals surface area (Å²) in [5.74, 6) is 1.10. The van der Waals surface area contributed by atoms with Crippen molar-refractivity contribution in [2.45, 2.75) is 43.1 Å². The van der Waals surface area contributed by atoms with Crippen molar-refractivity contribution in [2.24, 2.45) is 0 Å². The Bertz CT molecular complexity index is 209. The summed E-state index contributed by atoms with van der Waals surface area (Å²) < 4.78 is 5.30. The van der Waals surface area contributed by atoms with Crippen molar-refractivity contribution in [2.75, 3.05) is 25.5 Å². The first-order chi connectivity index (χ1) is 7.24. The van der Waals surface area contributed by atoms with Crippen LogP contribution in [0.3, 0.4) is 0 Å². The molecule has 0 amide bonds. The van der Waals surface area contributed by atoms with Crippen molar-refractivity contribution in [3.63, 3.8) is 0 Å². The van der Waals surface area contributed by atoms with Gasteiger partial charge in [-0.15, -0.1) is 0 Å². The summed E-state index contributed by atoms with van der Waals surface area (Å²) in [6.45, 7) is 4.56. The summed E-state index contributed by atoms with van der Waals surface area (Å²) in [6.07, 6.45) is 3.20. The fourth-order valence-electron chi connectivity index (χ4n) is 2.25. The van der Waals surface area contributed by atoms with E-state index in [2.05, 4.69) is 12.2 Å². The maximum atomic E-state index is 10.3. The molecule has 88 valence electrons. The van der Waals surface area contributed by atoms with Crippen LogP contribution in [0.2, 0.25) is 0 Å². The maximum Gasteiger partial charge on any atom is 0.0889 e. The molecule has 0 aromatic heterocycles. The highest BCUT2D eigenvalue weighted by molar-refractivity contribution is 8.00. The molecule has 15 heavy (non-hydrogen) atoms. The van der Waals surface area contributed by atoms with Gasteiger partial charge in [-0.1, -0.05) is 6.92 Å². The molecule has 1 saturated carbocycles. The van der Waals surface area contributed by atoms with E-state index in [1.54, 1.807) is 0 Å². The summed E-state index contributed by atoms with van der Waals surface area (Å²) in [5.41, 5.74) is -0.455. The van der Waals surface area contributed by atoms with Crippen molar-refractivity contribution in [1.82, 2.24) is 5.32 Å². The Morgan fingerprint density at radius 3 is 2.93 bits per heavy atom. The van der Waals surface area contributed by atoms with E-state index in [0.29, 0.717) is 11.3 Å². The van der Waals surface area contributed by atoms with Gasteiger partial charge in [-0.25, -0.2) is 0 Å². The molecule has 0 aromatic rings. The van der Waals surface area contributed by atoms with Crippen LogP contribution in [0.4, 0.5) is 0 Å². The van der Waals surface area contributed by atoms with E-state index in [1.165, 1.54) is 0 Å². The molecule has 2 N–H and O–H groups in total. The van der Waals surface area contributed by atoms with Crippen LogP contribution in [0.25, 0.3) is 0 Å². The first kappa shape index (κ1) is 11.7. The lowest BCUT2D eigenvalue weighted by molar-refractivity contribution is -0.0254. The molecule has 1 heterocycles. The SMILES string of the molecule is CCSC1CCC1(O)CNC1CCOC1. The molecule has 3 unspecified atom stereocenters. The zero-order valence-corrected chi connectivity index (χ0v) is 10.2. The van der Waals surface area contributed by atoms with Gasteiger partial charge in [0, 0.05) is 24.4 Å². The molecule has 0 bridgehead atoms. The van der Waals surface area contributed by atoms with Gasteiger partial charge in [0.1, 0.15) is 0 Å². The van der Waals surface area contributed by atoms with Gasteiger partial charge in [0.15, 0.2) is 0 Å². The third-order valence-corrected chi connectivity index (χ3v) is 4.84. The number of nitrogens with one attached hydrogen (secondary N) is 1. The minimum absolute atomic E-state index is 0.442. The fourth-order valence-corrected chi connectivity index (χ4v) is 3.45. The van der Waals surface area contributed by atoms with Crippen molar-refractivity contribution in [3.05, 3.63) is 0 Å². The molecule has 2 rings (SSSR count). The summed E-state index contributed by atoms with van der Waals surface area (Å²) in [6, 6.07) is 0.460. The molecule has 2 aliphatic rings. The minimum Gasteiger partial charge on any atom is -0.387 e. The predicted octanol–water partition coefficient (Wildman–Crippen LogP) is 1.01. The molecule has 1 aliphatic carbocycles. The lowest BCUT2D eigenvalue weighted by Crippen LogP contribution is -2.57. The second-order valence-electron chi connectivity index (χ2n) is 4.53. The highest BCUT2D eigenvalue weighted by Gasteiger charge is 2.45. The smallest absolute Gasteiger partial charge is 0.0889 e. The van der Waals surface area contributed by atoms with E-state index in [9.17, 15) is 5.11 Å². The number of rotatable bonds is 5. The molecule has 0 radical (unpaired) electrons. The van der Waals surface area contributed by atoms with E-state index >= 15 is 0 Å². The van der Waals surface area contributed by atoms with Gasteiger partial charge in [0.05, 0.1) is 12.2 Å². The Kier molecular flexibility index (Phi) is 3.93. The van der Waals surface area contributed by atoms with Crippen molar-refractivity contribution in [3.8, 4) is 0 Å². The first-order valence-corrected chi connectivity index (χ1v) is 6.94. The number of hydrogen-bond acceptors (Lipinski definition) is 4. The minimum atomic E-state index is -0.455. The molecule has 1 aliphatic heterocycles. The van der Waals surface area contributed by atoms with E-state index in [-0.39, 0.29) is 0 Å². The lowest BCUT2D eigenvalue weighted by atomic mass is 9.79. The molecule has 3 atom stereocenters. The summed E-state index contributed by atoms with van der Waals surface area (Å²) in [4.78, 5) is 0. The predicted molar refractivity (Wildman–Crippen MR) is 63.3 cm³/mol. The molecular formula is C11H21NO2S. The van der Waals surface area contributed by atoms with Crippen LogP contribution in [0.15, 0.2) is 0 Å².